The summed E-state index contributed by atoms with van der Waals surface area (Å²) >= 11 is 0. The van der Waals surface area contributed by atoms with E-state index in [1.54, 1.807) is 9.80 Å². The van der Waals surface area contributed by atoms with E-state index in [1.807, 2.05) is 12.3 Å². The number of pyridine rings is 1. The van der Waals surface area contributed by atoms with Crippen LogP contribution in [0.25, 0.3) is 0 Å². The van der Waals surface area contributed by atoms with Crippen LogP contribution >= 0.6 is 0 Å². The molecule has 0 saturated carbocycles. The van der Waals surface area contributed by atoms with E-state index in [9.17, 15) is 0 Å². The number of anilines is 1. The Morgan fingerprint density at radius 2 is 1.65 bits per heavy atom. The lowest BCUT2D eigenvalue weighted by molar-refractivity contribution is -1.02. The molecule has 122 valence electrons. The van der Waals surface area contributed by atoms with Crippen LogP contribution < -0.4 is 20.1 Å². The van der Waals surface area contributed by atoms with E-state index in [4.69, 9.17) is 0 Å². The summed E-state index contributed by atoms with van der Waals surface area (Å²) in [5.74, 6) is 1.10. The van der Waals surface area contributed by atoms with Crippen molar-refractivity contribution in [1.29, 1.82) is 0 Å². The van der Waals surface area contributed by atoms with Crippen molar-refractivity contribution in [3.8, 4) is 0 Å². The van der Waals surface area contributed by atoms with Crippen LogP contribution in [0.15, 0.2) is 54.7 Å². The minimum Gasteiger partial charge on any atom is -0.322 e. The lowest BCUT2D eigenvalue weighted by Crippen LogP contribution is -3.28. The Hall–Kier alpha value is -1.91. The van der Waals surface area contributed by atoms with Gasteiger partial charge in [-0.25, -0.2) is 4.98 Å². The van der Waals surface area contributed by atoms with E-state index in [0.29, 0.717) is 6.04 Å². The molecule has 1 aliphatic heterocycles. The van der Waals surface area contributed by atoms with Crippen molar-refractivity contribution in [1.82, 2.24) is 0 Å². The zero-order valence-electron chi connectivity index (χ0n) is 14.0. The van der Waals surface area contributed by atoms with Crippen molar-refractivity contribution in [2.24, 2.45) is 0 Å². The van der Waals surface area contributed by atoms with Gasteiger partial charge in [0, 0.05) is 11.6 Å². The first-order chi connectivity index (χ1) is 11.3. The van der Waals surface area contributed by atoms with Crippen LogP contribution in [-0.2, 0) is 6.54 Å². The molecule has 0 radical (unpaired) electrons. The van der Waals surface area contributed by atoms with Crippen molar-refractivity contribution >= 4 is 5.82 Å². The fourth-order valence-electron chi connectivity index (χ4n) is 3.46. The molecule has 0 aliphatic carbocycles. The minimum absolute atomic E-state index is 0.485. The number of benzene rings is 1. The van der Waals surface area contributed by atoms with Crippen LogP contribution in [0.2, 0.25) is 0 Å². The molecular weight excluding hydrogens is 284 g/mol. The Labute approximate surface area is 139 Å². The average Bonchev–Trinajstić information content (AvgIpc) is 2.58. The number of rotatable bonds is 6. The number of aromatic nitrogens is 1. The first kappa shape index (κ1) is 16.0. The van der Waals surface area contributed by atoms with Gasteiger partial charge in [0.2, 0.25) is 0 Å². The van der Waals surface area contributed by atoms with Crippen LogP contribution in [0.4, 0.5) is 5.82 Å². The molecule has 1 aromatic heterocycles. The number of quaternary nitrogens is 2. The Bertz CT molecular complexity index is 564. The standard InChI is InChI=1S/C19H26N4/c1-17(21-19-9-5-6-10-20-19)15-22-11-13-23(14-12-22)16-18-7-3-2-4-8-18/h2-10,17H,11-16H2,1H3,(H,20,21)/p+3/t17-/m0/s1. The van der Waals surface area contributed by atoms with Crippen LogP contribution in [0, 0.1) is 0 Å². The monoisotopic (exact) mass is 313 g/mol. The third-order valence-electron chi connectivity index (χ3n) is 4.67. The van der Waals surface area contributed by atoms with E-state index < -0.39 is 0 Å². The van der Waals surface area contributed by atoms with Gasteiger partial charge >= 0.3 is 0 Å². The van der Waals surface area contributed by atoms with Crippen molar-refractivity contribution in [3.63, 3.8) is 0 Å². The SMILES string of the molecule is C[C@@H](C[NH+]1CC[NH+](Cc2ccccc2)CC1)Nc1cccc[nH+]1. The molecule has 1 saturated heterocycles. The number of aromatic amines is 1. The van der Waals surface area contributed by atoms with Gasteiger partial charge in [0.1, 0.15) is 45.3 Å². The van der Waals surface area contributed by atoms with Gasteiger partial charge in [0.15, 0.2) is 0 Å². The van der Waals surface area contributed by atoms with Crippen LogP contribution in [0.5, 0.6) is 0 Å². The predicted molar refractivity (Wildman–Crippen MR) is 92.5 cm³/mol. The number of H-pyrrole nitrogens is 1. The van der Waals surface area contributed by atoms with Crippen LogP contribution in [0.3, 0.4) is 0 Å². The fraction of sp³-hybridized carbons (Fsp3) is 0.421. The quantitative estimate of drug-likeness (QED) is 0.647. The number of piperazine rings is 1. The first-order valence-electron chi connectivity index (χ1n) is 8.74. The Kier molecular flexibility index (Phi) is 5.61. The summed E-state index contributed by atoms with van der Waals surface area (Å²) in [7, 11) is 0. The number of hydrogen-bond acceptors (Lipinski definition) is 1. The molecular formula is C19H29N4+3. The van der Waals surface area contributed by atoms with Gasteiger partial charge in [-0.15, -0.1) is 0 Å². The second kappa shape index (κ2) is 8.09. The van der Waals surface area contributed by atoms with Gasteiger partial charge in [-0.2, -0.15) is 0 Å². The molecule has 2 aromatic rings. The molecule has 0 bridgehead atoms. The summed E-state index contributed by atoms with van der Waals surface area (Å²) < 4.78 is 0. The molecule has 1 aromatic carbocycles. The predicted octanol–water partition coefficient (Wildman–Crippen LogP) is -0.715. The largest absolute Gasteiger partial charge is 0.322 e. The summed E-state index contributed by atoms with van der Waals surface area (Å²) in [5.41, 5.74) is 1.46. The van der Waals surface area contributed by atoms with Crippen LogP contribution in [0.1, 0.15) is 12.5 Å². The highest BCUT2D eigenvalue weighted by Crippen LogP contribution is 1.97. The third kappa shape index (κ3) is 5.05. The van der Waals surface area contributed by atoms with E-state index in [2.05, 4.69) is 59.7 Å². The maximum absolute atomic E-state index is 3.56. The van der Waals surface area contributed by atoms with Crippen LogP contribution in [-0.4, -0.2) is 38.8 Å². The van der Waals surface area contributed by atoms with E-state index >= 15 is 0 Å². The normalized spacial score (nSPS) is 22.5. The van der Waals surface area contributed by atoms with E-state index in [1.165, 1.54) is 44.8 Å². The molecule has 4 nitrogen and oxygen atoms in total. The van der Waals surface area contributed by atoms with E-state index in [-0.39, 0.29) is 0 Å². The van der Waals surface area contributed by atoms with Gasteiger partial charge in [-0.3, -0.25) is 5.32 Å². The zero-order chi connectivity index (χ0) is 15.9. The average molecular weight is 313 g/mol. The molecule has 0 unspecified atom stereocenters. The molecule has 4 heteroatoms. The molecule has 1 aliphatic rings. The lowest BCUT2D eigenvalue weighted by Gasteiger charge is -2.30. The van der Waals surface area contributed by atoms with Gasteiger partial charge in [-0.05, 0) is 13.0 Å². The number of hydrogen-bond donors (Lipinski definition) is 3. The highest BCUT2D eigenvalue weighted by Gasteiger charge is 2.25. The van der Waals surface area contributed by atoms with Crippen molar-refractivity contribution in [2.45, 2.75) is 19.5 Å². The van der Waals surface area contributed by atoms with Gasteiger partial charge in [0.25, 0.3) is 5.82 Å². The van der Waals surface area contributed by atoms with Crippen molar-refractivity contribution < 1.29 is 14.8 Å². The van der Waals surface area contributed by atoms with Gasteiger partial charge < -0.3 is 9.80 Å². The maximum Gasteiger partial charge on any atom is 0.272 e. The van der Waals surface area contributed by atoms with Crippen molar-refractivity contribution in [2.75, 3.05) is 38.0 Å². The molecule has 3 rings (SSSR count). The van der Waals surface area contributed by atoms with E-state index in [0.717, 1.165) is 5.82 Å². The summed E-state index contributed by atoms with van der Waals surface area (Å²) in [4.78, 5) is 6.69. The fourth-order valence-corrected chi connectivity index (χ4v) is 3.46. The Morgan fingerprint density at radius 3 is 2.35 bits per heavy atom. The van der Waals surface area contributed by atoms with Gasteiger partial charge in [-0.1, -0.05) is 36.4 Å². The van der Waals surface area contributed by atoms with Crippen molar-refractivity contribution in [3.05, 3.63) is 60.3 Å². The summed E-state index contributed by atoms with van der Waals surface area (Å²) in [6, 6.07) is 17.5. The summed E-state index contributed by atoms with van der Waals surface area (Å²) in [6.45, 7) is 9.71. The minimum atomic E-state index is 0.485. The lowest BCUT2D eigenvalue weighted by atomic mass is 10.2. The molecule has 2 heterocycles. The number of nitrogens with one attached hydrogen (secondary N) is 4. The highest BCUT2D eigenvalue weighted by atomic mass is 15.3. The second-order valence-electron chi connectivity index (χ2n) is 6.69. The Morgan fingerprint density at radius 1 is 0.957 bits per heavy atom. The smallest absolute Gasteiger partial charge is 0.272 e. The second-order valence-corrected chi connectivity index (χ2v) is 6.69. The topological polar surface area (TPSA) is 35.0 Å². The molecule has 0 spiro atoms. The molecule has 1 fully saturated rings. The summed E-state index contributed by atoms with van der Waals surface area (Å²) in [5, 5.41) is 3.56. The summed E-state index contributed by atoms with van der Waals surface area (Å²) in [6.07, 6.45) is 1.97. The molecule has 1 atom stereocenters. The zero-order valence-corrected chi connectivity index (χ0v) is 14.0. The van der Waals surface area contributed by atoms with Gasteiger partial charge in [0.05, 0.1) is 6.20 Å². The molecule has 23 heavy (non-hydrogen) atoms. The Balaban J connectivity index is 1.40. The molecule has 0 amide bonds. The third-order valence-corrected chi connectivity index (χ3v) is 4.67. The molecule has 4 N–H and O–H groups in total. The highest BCUT2D eigenvalue weighted by molar-refractivity contribution is 5.27. The first-order valence-corrected chi connectivity index (χ1v) is 8.74. The maximum atomic E-state index is 3.56.